The van der Waals surface area contributed by atoms with Crippen LogP contribution in [0.3, 0.4) is 0 Å². The van der Waals surface area contributed by atoms with Gasteiger partial charge in [-0.3, -0.25) is 9.69 Å². The number of anilines is 1. The molecule has 0 aliphatic carbocycles. The third-order valence-corrected chi connectivity index (χ3v) is 7.01. The summed E-state index contributed by atoms with van der Waals surface area (Å²) in [4.78, 5) is 20.7. The number of hydrogen-bond acceptors (Lipinski definition) is 8. The van der Waals surface area contributed by atoms with Crippen molar-refractivity contribution >= 4 is 16.6 Å². The molecule has 6 rings (SSSR count). The van der Waals surface area contributed by atoms with Gasteiger partial charge in [-0.1, -0.05) is 12.1 Å². The number of para-hydroxylation sites is 1. The molecule has 0 saturated carbocycles. The number of tetrazole rings is 1. The number of H-pyrrole nitrogens is 1. The first-order valence-electron chi connectivity index (χ1n) is 12.9. The molecule has 39 heavy (non-hydrogen) atoms. The molecule has 1 saturated heterocycles. The topological polar surface area (TPSA) is 105 Å². The molecule has 0 unspecified atom stereocenters. The fourth-order valence-corrected chi connectivity index (χ4v) is 5.16. The number of hydrogen-bond donors (Lipinski definition) is 1. The summed E-state index contributed by atoms with van der Waals surface area (Å²) in [6.45, 7) is 5.10. The average Bonchev–Trinajstić information content (AvgIpc) is 3.63. The van der Waals surface area contributed by atoms with Gasteiger partial charge in [0.05, 0.1) is 18.6 Å². The Labute approximate surface area is 223 Å². The van der Waals surface area contributed by atoms with Crippen LogP contribution in [0.5, 0.6) is 5.75 Å². The summed E-state index contributed by atoms with van der Waals surface area (Å²) in [5.41, 5.74) is 1.58. The van der Waals surface area contributed by atoms with E-state index in [4.69, 9.17) is 9.15 Å². The Kier molecular flexibility index (Phi) is 6.80. The van der Waals surface area contributed by atoms with Gasteiger partial charge < -0.3 is 19.0 Å². The molecule has 0 bridgehead atoms. The molecule has 10 nitrogen and oxygen atoms in total. The van der Waals surface area contributed by atoms with E-state index in [1.807, 2.05) is 54.3 Å². The summed E-state index contributed by atoms with van der Waals surface area (Å²) in [5.74, 6) is 1.69. The molecule has 1 N–H and O–H groups in total. The molecule has 1 fully saturated rings. The second-order valence-corrected chi connectivity index (χ2v) is 9.39. The van der Waals surface area contributed by atoms with Crippen LogP contribution in [-0.4, -0.2) is 62.9 Å². The van der Waals surface area contributed by atoms with E-state index in [2.05, 4.69) is 25.4 Å². The SMILES string of the molecule is CCOc1ccc2[nH]c(=O)c([C@H](c3nnnn3Cc3ccco3)N3CCN(c4ccccc4F)CC3)cc2c1. The first-order chi connectivity index (χ1) is 19.1. The highest BCUT2D eigenvalue weighted by Gasteiger charge is 2.33. The first-order valence-corrected chi connectivity index (χ1v) is 12.9. The Morgan fingerprint density at radius 1 is 1.08 bits per heavy atom. The number of benzene rings is 2. The number of aromatic amines is 1. The van der Waals surface area contributed by atoms with Crippen molar-refractivity contribution in [2.75, 3.05) is 37.7 Å². The van der Waals surface area contributed by atoms with Crippen molar-refractivity contribution in [3.05, 3.63) is 100 Å². The van der Waals surface area contributed by atoms with Gasteiger partial charge in [-0.15, -0.1) is 5.10 Å². The van der Waals surface area contributed by atoms with E-state index in [-0.39, 0.29) is 11.4 Å². The number of fused-ring (bicyclic) bond motifs is 1. The van der Waals surface area contributed by atoms with Crippen LogP contribution in [0, 0.1) is 5.82 Å². The predicted octanol–water partition coefficient (Wildman–Crippen LogP) is 3.61. The second kappa shape index (κ2) is 10.7. The number of furan rings is 1. The number of ether oxygens (including phenoxy) is 1. The molecule has 1 aliphatic rings. The predicted molar refractivity (Wildman–Crippen MR) is 143 cm³/mol. The zero-order valence-corrected chi connectivity index (χ0v) is 21.5. The van der Waals surface area contributed by atoms with Gasteiger partial charge in [0.15, 0.2) is 5.82 Å². The minimum atomic E-state index is -0.540. The van der Waals surface area contributed by atoms with Crippen LogP contribution in [-0.2, 0) is 6.54 Å². The largest absolute Gasteiger partial charge is 0.494 e. The normalized spacial score (nSPS) is 15.1. The molecule has 0 spiro atoms. The van der Waals surface area contributed by atoms with Crippen molar-refractivity contribution in [3.63, 3.8) is 0 Å². The lowest BCUT2D eigenvalue weighted by molar-refractivity contribution is 0.199. The van der Waals surface area contributed by atoms with Crippen LogP contribution in [0.1, 0.15) is 30.1 Å². The maximum atomic E-state index is 14.5. The van der Waals surface area contributed by atoms with E-state index in [0.717, 1.165) is 11.1 Å². The quantitative estimate of drug-likeness (QED) is 0.325. The van der Waals surface area contributed by atoms with E-state index in [1.165, 1.54) is 6.07 Å². The standard InChI is InChI=1S/C28H28FN7O3/c1-2-38-20-9-10-24-19(16-20)17-22(28(37)30-24)26(27-31-32-33-36(27)18-21-6-5-15-39-21)35-13-11-34(12-14-35)25-8-4-3-7-23(25)29/h3-10,15-17,26H,2,11-14,18H2,1H3,(H,30,37)/t26-/m1/s1. The van der Waals surface area contributed by atoms with Crippen LogP contribution in [0.4, 0.5) is 10.1 Å². The number of pyridine rings is 1. The van der Waals surface area contributed by atoms with Gasteiger partial charge in [0.25, 0.3) is 5.56 Å². The second-order valence-electron chi connectivity index (χ2n) is 9.39. The minimum absolute atomic E-state index is 0.222. The zero-order valence-electron chi connectivity index (χ0n) is 21.5. The Balaban J connectivity index is 1.39. The van der Waals surface area contributed by atoms with Gasteiger partial charge >= 0.3 is 0 Å². The van der Waals surface area contributed by atoms with E-state index >= 15 is 0 Å². The van der Waals surface area contributed by atoms with E-state index in [1.54, 1.807) is 23.1 Å². The highest BCUT2D eigenvalue weighted by atomic mass is 19.1. The third-order valence-electron chi connectivity index (χ3n) is 7.01. The van der Waals surface area contributed by atoms with Crippen molar-refractivity contribution < 1.29 is 13.5 Å². The van der Waals surface area contributed by atoms with Crippen LogP contribution in [0.15, 0.2) is 76.1 Å². The maximum absolute atomic E-state index is 14.5. The molecule has 2 aromatic carbocycles. The molecular weight excluding hydrogens is 501 g/mol. The smallest absolute Gasteiger partial charge is 0.253 e. The van der Waals surface area contributed by atoms with E-state index in [0.29, 0.717) is 67.7 Å². The Morgan fingerprint density at radius 2 is 1.92 bits per heavy atom. The van der Waals surface area contributed by atoms with Crippen LogP contribution in [0.2, 0.25) is 0 Å². The van der Waals surface area contributed by atoms with Crippen molar-refractivity contribution in [2.24, 2.45) is 0 Å². The molecule has 11 heteroatoms. The first kappa shape index (κ1) is 24.8. The van der Waals surface area contributed by atoms with Gasteiger partial charge in [-0.2, -0.15) is 0 Å². The summed E-state index contributed by atoms with van der Waals surface area (Å²) >= 11 is 0. The Bertz CT molecular complexity index is 1620. The summed E-state index contributed by atoms with van der Waals surface area (Å²) in [6, 6.07) is 17.4. The van der Waals surface area contributed by atoms with Crippen molar-refractivity contribution in [2.45, 2.75) is 19.5 Å². The van der Waals surface area contributed by atoms with Gasteiger partial charge in [-0.05, 0) is 65.9 Å². The molecular formula is C28H28FN7O3. The molecule has 1 aliphatic heterocycles. The molecule has 3 aromatic heterocycles. The number of piperazine rings is 1. The highest BCUT2D eigenvalue weighted by Crippen LogP contribution is 2.30. The van der Waals surface area contributed by atoms with Crippen LogP contribution >= 0.6 is 0 Å². The van der Waals surface area contributed by atoms with Crippen molar-refractivity contribution in [1.82, 2.24) is 30.1 Å². The average molecular weight is 530 g/mol. The molecule has 200 valence electrons. The lowest BCUT2D eigenvalue weighted by Gasteiger charge is -2.39. The fourth-order valence-electron chi connectivity index (χ4n) is 5.16. The number of halogens is 1. The van der Waals surface area contributed by atoms with Crippen molar-refractivity contribution in [1.29, 1.82) is 0 Å². The van der Waals surface area contributed by atoms with Gasteiger partial charge in [-0.25, -0.2) is 9.07 Å². The van der Waals surface area contributed by atoms with Gasteiger partial charge in [0, 0.05) is 42.6 Å². The summed E-state index contributed by atoms with van der Waals surface area (Å²) in [7, 11) is 0. The van der Waals surface area contributed by atoms with Crippen LogP contribution < -0.4 is 15.2 Å². The van der Waals surface area contributed by atoms with Crippen LogP contribution in [0.25, 0.3) is 10.9 Å². The fraction of sp³-hybridized carbons (Fsp3) is 0.286. The van der Waals surface area contributed by atoms with Crippen molar-refractivity contribution in [3.8, 4) is 5.75 Å². The molecule has 4 heterocycles. The van der Waals surface area contributed by atoms with E-state index < -0.39 is 6.04 Å². The van der Waals surface area contributed by atoms with Gasteiger partial charge in [0.2, 0.25) is 0 Å². The summed E-state index contributed by atoms with van der Waals surface area (Å²) in [5, 5.41) is 13.4. The number of nitrogens with zero attached hydrogens (tertiary/aromatic N) is 6. The Hall–Kier alpha value is -4.51. The monoisotopic (exact) mass is 529 g/mol. The summed E-state index contributed by atoms with van der Waals surface area (Å²) < 4.78 is 27.4. The molecule has 0 radical (unpaired) electrons. The number of nitrogens with one attached hydrogen (secondary N) is 1. The molecule has 0 amide bonds. The number of aromatic nitrogens is 5. The summed E-state index contributed by atoms with van der Waals surface area (Å²) in [6.07, 6.45) is 1.60. The maximum Gasteiger partial charge on any atom is 0.253 e. The Morgan fingerprint density at radius 3 is 2.69 bits per heavy atom. The van der Waals surface area contributed by atoms with E-state index in [9.17, 15) is 9.18 Å². The number of rotatable bonds is 8. The zero-order chi connectivity index (χ0) is 26.8. The molecule has 1 atom stereocenters. The molecule has 5 aromatic rings. The third kappa shape index (κ3) is 5.00. The highest BCUT2D eigenvalue weighted by molar-refractivity contribution is 5.80. The lowest BCUT2D eigenvalue weighted by atomic mass is 10.0. The lowest BCUT2D eigenvalue weighted by Crippen LogP contribution is -2.49. The van der Waals surface area contributed by atoms with Gasteiger partial charge in [0.1, 0.15) is 29.9 Å². The minimum Gasteiger partial charge on any atom is -0.494 e.